The second kappa shape index (κ2) is 4.49. The normalized spacial score (nSPS) is 13.3. The third-order valence-electron chi connectivity index (χ3n) is 3.11. The van der Waals surface area contributed by atoms with Crippen molar-refractivity contribution in [1.29, 1.82) is 5.26 Å². The maximum Gasteiger partial charge on any atom is 0.347 e. The second-order valence-electron chi connectivity index (χ2n) is 4.60. The second-order valence-corrected chi connectivity index (χ2v) is 4.60. The molecule has 0 aliphatic carbocycles. The van der Waals surface area contributed by atoms with Crippen LogP contribution in [0, 0.1) is 11.3 Å². The molecule has 2 bridgehead atoms. The van der Waals surface area contributed by atoms with Crippen molar-refractivity contribution in [2.75, 3.05) is 0 Å². The lowest BCUT2D eigenvalue weighted by Gasteiger charge is -2.03. The standard InChI is InChI=1S/C15H9NO5/c1-7(6-16)3-4-8(2)14(17)20-12-10-5-9-11(19-10)13(12)21-15(9)18/h4-5H,1,3H2,2H3/b8-4+. The number of esters is 2. The Hall–Kier alpha value is -3.07. The lowest BCUT2D eigenvalue weighted by molar-refractivity contribution is -0.130. The van der Waals surface area contributed by atoms with Crippen LogP contribution in [0.3, 0.4) is 0 Å². The SMILES string of the molecule is C=C(C#N)C/C=C(\C)C(=O)Oc1c2c3oc1cc3C(=O)O2. The van der Waals surface area contributed by atoms with E-state index in [1.54, 1.807) is 13.0 Å². The number of benzene rings is 1. The molecule has 3 heterocycles. The number of rotatable bonds is 4. The van der Waals surface area contributed by atoms with E-state index in [0.29, 0.717) is 27.9 Å². The fourth-order valence-corrected chi connectivity index (χ4v) is 1.95. The zero-order valence-corrected chi connectivity index (χ0v) is 11.1. The number of ether oxygens (including phenoxy) is 2. The van der Waals surface area contributed by atoms with Crippen LogP contribution in [-0.4, -0.2) is 11.9 Å². The van der Waals surface area contributed by atoms with Gasteiger partial charge in [-0.1, -0.05) is 12.7 Å². The molecule has 0 unspecified atom stereocenters. The van der Waals surface area contributed by atoms with E-state index < -0.39 is 11.9 Å². The molecule has 0 spiro atoms. The van der Waals surface area contributed by atoms with Crippen molar-refractivity contribution in [3.05, 3.63) is 35.4 Å². The van der Waals surface area contributed by atoms with Crippen LogP contribution >= 0.6 is 0 Å². The van der Waals surface area contributed by atoms with Crippen molar-refractivity contribution in [3.63, 3.8) is 0 Å². The van der Waals surface area contributed by atoms with Gasteiger partial charge in [-0.15, -0.1) is 0 Å². The van der Waals surface area contributed by atoms with Gasteiger partial charge in [0.1, 0.15) is 5.56 Å². The van der Waals surface area contributed by atoms with E-state index in [-0.39, 0.29) is 17.9 Å². The van der Waals surface area contributed by atoms with E-state index in [2.05, 4.69) is 6.58 Å². The molecule has 2 aromatic heterocycles. The summed E-state index contributed by atoms with van der Waals surface area (Å²) in [7, 11) is 0. The maximum absolute atomic E-state index is 12.0. The van der Waals surface area contributed by atoms with Gasteiger partial charge in [-0.25, -0.2) is 9.59 Å². The predicted molar refractivity (Wildman–Crippen MR) is 71.1 cm³/mol. The fraction of sp³-hybridized carbons (Fsp3) is 0.133. The molecule has 3 rings (SSSR count). The minimum absolute atomic E-state index is 0.108. The summed E-state index contributed by atoms with van der Waals surface area (Å²) in [5, 5.41) is 8.60. The molecule has 6 heteroatoms. The average molecular weight is 283 g/mol. The smallest absolute Gasteiger partial charge is 0.347 e. The van der Waals surface area contributed by atoms with E-state index in [0.717, 1.165) is 0 Å². The quantitative estimate of drug-likeness (QED) is 0.371. The summed E-state index contributed by atoms with van der Waals surface area (Å²) in [6.07, 6.45) is 1.82. The summed E-state index contributed by atoms with van der Waals surface area (Å²) < 4.78 is 15.5. The van der Waals surface area contributed by atoms with E-state index in [9.17, 15) is 9.59 Å². The molecule has 0 amide bonds. The highest BCUT2D eigenvalue weighted by Gasteiger charge is 2.36. The Kier molecular flexibility index (Phi) is 2.77. The van der Waals surface area contributed by atoms with Crippen LogP contribution in [0.25, 0.3) is 11.2 Å². The third-order valence-corrected chi connectivity index (χ3v) is 3.11. The molecule has 0 N–H and O–H groups in total. The molecule has 0 saturated carbocycles. The Morgan fingerprint density at radius 2 is 2.33 bits per heavy atom. The summed E-state index contributed by atoms with van der Waals surface area (Å²) in [5.41, 5.74) is 1.61. The summed E-state index contributed by atoms with van der Waals surface area (Å²) in [6.45, 7) is 5.08. The monoisotopic (exact) mass is 283 g/mol. The number of allylic oxidation sites excluding steroid dienone is 2. The first-order valence-electron chi connectivity index (χ1n) is 6.09. The molecule has 0 aromatic carbocycles. The zero-order valence-electron chi connectivity index (χ0n) is 11.1. The molecule has 104 valence electrons. The van der Waals surface area contributed by atoms with Crippen LogP contribution in [0.2, 0.25) is 0 Å². The van der Waals surface area contributed by atoms with E-state index >= 15 is 0 Å². The summed E-state index contributed by atoms with van der Waals surface area (Å²) >= 11 is 0. The topological polar surface area (TPSA) is 89.5 Å². The first kappa shape index (κ1) is 12.9. The Labute approximate surface area is 119 Å². The van der Waals surface area contributed by atoms with Crippen molar-refractivity contribution < 1.29 is 23.5 Å². The number of hydrogen-bond donors (Lipinski definition) is 0. The number of furan rings is 2. The first-order valence-corrected chi connectivity index (χ1v) is 6.09. The summed E-state index contributed by atoms with van der Waals surface area (Å²) in [5.74, 6) is -0.865. The van der Waals surface area contributed by atoms with Gasteiger partial charge in [0.15, 0.2) is 11.2 Å². The number of hydrogen-bond acceptors (Lipinski definition) is 6. The Bertz CT molecular complexity index is 849. The van der Waals surface area contributed by atoms with Crippen molar-refractivity contribution >= 4 is 23.1 Å². The molecule has 0 radical (unpaired) electrons. The summed E-state index contributed by atoms with van der Waals surface area (Å²) in [6, 6.07) is 3.37. The van der Waals surface area contributed by atoms with Crippen LogP contribution in [0.4, 0.5) is 0 Å². The van der Waals surface area contributed by atoms with Crippen LogP contribution in [0.1, 0.15) is 23.7 Å². The Morgan fingerprint density at radius 3 is 3.05 bits per heavy atom. The Balaban J connectivity index is 1.78. The van der Waals surface area contributed by atoms with Crippen molar-refractivity contribution in [2.45, 2.75) is 13.3 Å². The molecule has 1 aliphatic rings. The number of nitrogens with zero attached hydrogens (tertiary/aromatic N) is 1. The largest absolute Gasteiger partial charge is 0.448 e. The molecule has 6 nitrogen and oxygen atoms in total. The minimum Gasteiger partial charge on any atom is -0.448 e. The predicted octanol–water partition coefficient (Wildman–Crippen LogP) is 2.72. The van der Waals surface area contributed by atoms with E-state index in [1.165, 1.54) is 6.07 Å². The van der Waals surface area contributed by atoms with Crippen molar-refractivity contribution in [1.82, 2.24) is 0 Å². The molecular weight excluding hydrogens is 274 g/mol. The Morgan fingerprint density at radius 1 is 1.57 bits per heavy atom. The lowest BCUT2D eigenvalue weighted by atomic mass is 10.1. The zero-order chi connectivity index (χ0) is 15.1. The van der Waals surface area contributed by atoms with Crippen LogP contribution < -0.4 is 9.47 Å². The number of carbonyl (C=O) groups is 2. The maximum atomic E-state index is 12.0. The fourth-order valence-electron chi connectivity index (χ4n) is 1.95. The third kappa shape index (κ3) is 1.96. The van der Waals surface area contributed by atoms with Gasteiger partial charge in [0.25, 0.3) is 0 Å². The van der Waals surface area contributed by atoms with Gasteiger partial charge >= 0.3 is 11.9 Å². The number of carbonyl (C=O) groups excluding carboxylic acids is 2. The van der Waals surface area contributed by atoms with Gasteiger partial charge in [-0.2, -0.15) is 5.26 Å². The molecule has 21 heavy (non-hydrogen) atoms. The molecular formula is C15H9NO5. The molecule has 0 fully saturated rings. The molecule has 0 saturated heterocycles. The highest BCUT2D eigenvalue weighted by Crippen LogP contribution is 2.49. The van der Waals surface area contributed by atoms with Crippen LogP contribution in [0.15, 0.2) is 34.3 Å². The lowest BCUT2D eigenvalue weighted by Crippen LogP contribution is -2.09. The molecule has 1 aliphatic heterocycles. The minimum atomic E-state index is -0.606. The van der Waals surface area contributed by atoms with Crippen LogP contribution in [-0.2, 0) is 4.79 Å². The van der Waals surface area contributed by atoms with E-state index in [1.807, 2.05) is 6.07 Å². The van der Waals surface area contributed by atoms with Crippen LogP contribution in [0.5, 0.6) is 11.5 Å². The molecule has 2 aromatic rings. The molecule has 0 atom stereocenters. The van der Waals surface area contributed by atoms with Crippen molar-refractivity contribution in [2.24, 2.45) is 0 Å². The van der Waals surface area contributed by atoms with Gasteiger partial charge in [0.05, 0.1) is 6.07 Å². The van der Waals surface area contributed by atoms with Gasteiger partial charge in [0.2, 0.25) is 11.5 Å². The summed E-state index contributed by atoms with van der Waals surface area (Å²) in [4.78, 5) is 23.4. The van der Waals surface area contributed by atoms with E-state index in [4.69, 9.17) is 19.2 Å². The van der Waals surface area contributed by atoms with Crippen molar-refractivity contribution in [3.8, 4) is 17.6 Å². The number of nitriles is 1. The average Bonchev–Trinajstić information content (AvgIpc) is 3.08. The van der Waals surface area contributed by atoms with Gasteiger partial charge in [-0.05, 0) is 6.92 Å². The van der Waals surface area contributed by atoms with Gasteiger partial charge < -0.3 is 13.9 Å². The van der Waals surface area contributed by atoms with Gasteiger partial charge in [-0.3, -0.25) is 0 Å². The number of fused-ring (bicyclic) bond motifs is 1. The highest BCUT2D eigenvalue weighted by molar-refractivity contribution is 6.10. The van der Waals surface area contributed by atoms with Gasteiger partial charge in [0, 0.05) is 23.6 Å². The highest BCUT2D eigenvalue weighted by atomic mass is 16.6. The first-order chi connectivity index (χ1) is 10.0.